The van der Waals surface area contributed by atoms with Gasteiger partial charge in [-0.15, -0.1) is 0 Å². The van der Waals surface area contributed by atoms with Crippen LogP contribution in [0.5, 0.6) is 11.5 Å². The Morgan fingerprint density at radius 2 is 1.81 bits per heavy atom. The van der Waals surface area contributed by atoms with Gasteiger partial charge >= 0.3 is 0 Å². The van der Waals surface area contributed by atoms with Crippen molar-refractivity contribution in [2.75, 3.05) is 0 Å². The number of carbonyl (C=O) groups excluding carboxylic acids is 2. The predicted octanol–water partition coefficient (Wildman–Crippen LogP) is 1.02. The van der Waals surface area contributed by atoms with E-state index in [1.54, 1.807) is 18.2 Å². The van der Waals surface area contributed by atoms with Crippen LogP contribution in [0.25, 0.3) is 0 Å². The first-order chi connectivity index (χ1) is 15.1. The van der Waals surface area contributed by atoms with Gasteiger partial charge in [-0.25, -0.2) is 0 Å². The zero-order chi connectivity index (χ0) is 23.4. The van der Waals surface area contributed by atoms with Gasteiger partial charge < -0.3 is 31.1 Å². The number of carbonyl (C=O) groups is 2. The zero-order valence-corrected chi connectivity index (χ0v) is 18.0. The second-order valence-corrected chi connectivity index (χ2v) is 8.08. The third kappa shape index (κ3) is 5.66. The molecule has 8 heteroatoms. The summed E-state index contributed by atoms with van der Waals surface area (Å²) in [6, 6.07) is 10.7. The monoisotopic (exact) mass is 440 g/mol. The fourth-order valence-electron chi connectivity index (χ4n) is 3.49. The summed E-state index contributed by atoms with van der Waals surface area (Å²) in [7, 11) is 0. The summed E-state index contributed by atoms with van der Waals surface area (Å²) >= 11 is 0. The fourth-order valence-corrected chi connectivity index (χ4v) is 3.49. The van der Waals surface area contributed by atoms with Crippen LogP contribution in [0.3, 0.4) is 0 Å². The molecule has 3 rings (SSSR count). The molecule has 0 saturated heterocycles. The number of nitrogens with two attached hydrogens (primary N) is 1. The Bertz CT molecular complexity index is 1020. The predicted molar refractivity (Wildman–Crippen MR) is 118 cm³/mol. The lowest BCUT2D eigenvalue weighted by molar-refractivity contribution is -0.126. The molecule has 0 heterocycles. The number of nitrogens with one attached hydrogen (secondary N) is 1. The minimum absolute atomic E-state index is 0.0862. The highest BCUT2D eigenvalue weighted by Crippen LogP contribution is 2.25. The zero-order valence-electron chi connectivity index (χ0n) is 18.0. The minimum atomic E-state index is -1.21. The molecule has 4 unspecified atom stereocenters. The summed E-state index contributed by atoms with van der Waals surface area (Å²) in [5.41, 5.74) is 8.45. The first-order valence-corrected chi connectivity index (χ1v) is 10.3. The summed E-state index contributed by atoms with van der Waals surface area (Å²) in [5.74, 6) is -0.703. The van der Waals surface area contributed by atoms with Crippen molar-refractivity contribution in [1.82, 2.24) is 5.32 Å². The maximum atomic E-state index is 12.8. The number of hydrogen-bond donors (Lipinski definition) is 5. The summed E-state index contributed by atoms with van der Waals surface area (Å²) in [6.07, 6.45) is -1.85. The van der Waals surface area contributed by atoms with E-state index in [1.807, 2.05) is 26.0 Å². The molecule has 0 aliphatic heterocycles. The standard InChI is InChI=1S/C24H28N2O6/c1-13-3-8-18(9-14(13)2)32-21-12-16(11-20(28)22(21)29)24(31)26-19(23(25)30)10-15-4-6-17(27)7-5-15/h3-9,12,19-22,27-29H,10-11H2,1-2H3,(H2,25,30)(H,26,31). The summed E-state index contributed by atoms with van der Waals surface area (Å²) in [5, 5.41) is 32.6. The Kier molecular flexibility index (Phi) is 7.17. The molecule has 0 radical (unpaired) electrons. The van der Waals surface area contributed by atoms with Crippen LogP contribution in [0.1, 0.15) is 23.1 Å². The maximum absolute atomic E-state index is 12.8. The fraction of sp³-hybridized carbons (Fsp3) is 0.333. The van der Waals surface area contributed by atoms with Gasteiger partial charge in [0.1, 0.15) is 29.7 Å². The number of phenols is 1. The number of rotatable bonds is 7. The number of aromatic hydroxyl groups is 1. The van der Waals surface area contributed by atoms with Crippen LogP contribution in [-0.4, -0.2) is 51.5 Å². The van der Waals surface area contributed by atoms with Gasteiger partial charge in [0.25, 0.3) is 0 Å². The van der Waals surface area contributed by atoms with Crippen LogP contribution in [0.15, 0.2) is 54.1 Å². The molecule has 6 N–H and O–H groups in total. The normalized spacial score (nSPS) is 21.4. The van der Waals surface area contributed by atoms with Crippen molar-refractivity contribution in [2.24, 2.45) is 5.73 Å². The quantitative estimate of drug-likeness (QED) is 0.435. The molecule has 2 aromatic rings. The van der Waals surface area contributed by atoms with Gasteiger partial charge in [0.2, 0.25) is 11.8 Å². The van der Waals surface area contributed by atoms with Crippen molar-refractivity contribution in [3.63, 3.8) is 0 Å². The highest BCUT2D eigenvalue weighted by molar-refractivity contribution is 5.97. The van der Waals surface area contributed by atoms with Crippen LogP contribution in [0.2, 0.25) is 0 Å². The van der Waals surface area contributed by atoms with E-state index < -0.39 is 36.2 Å². The number of aliphatic hydroxyl groups excluding tert-OH is 2. The van der Waals surface area contributed by atoms with E-state index in [2.05, 4.69) is 5.32 Å². The Morgan fingerprint density at radius 3 is 2.44 bits per heavy atom. The van der Waals surface area contributed by atoms with Crippen LogP contribution >= 0.6 is 0 Å². The first-order valence-electron chi connectivity index (χ1n) is 10.3. The SMILES string of the molecule is Cc1ccc(OC2C=C(C(=O)NC(Cc3ccc(O)cc3)C(N)=O)CC(O)C2O)cc1C. The number of aliphatic hydroxyl groups is 2. The lowest BCUT2D eigenvalue weighted by Crippen LogP contribution is -2.49. The van der Waals surface area contributed by atoms with E-state index in [0.717, 1.165) is 11.1 Å². The second-order valence-electron chi connectivity index (χ2n) is 8.08. The van der Waals surface area contributed by atoms with Gasteiger partial charge in [-0.2, -0.15) is 0 Å². The van der Waals surface area contributed by atoms with E-state index in [-0.39, 0.29) is 24.2 Å². The smallest absolute Gasteiger partial charge is 0.247 e. The highest BCUT2D eigenvalue weighted by atomic mass is 16.5. The van der Waals surface area contributed by atoms with Gasteiger partial charge in [-0.1, -0.05) is 18.2 Å². The molecular formula is C24H28N2O6. The largest absolute Gasteiger partial charge is 0.508 e. The topological polar surface area (TPSA) is 142 Å². The third-order valence-electron chi connectivity index (χ3n) is 5.59. The Labute approximate surface area is 186 Å². The molecule has 1 aliphatic rings. The molecule has 2 aromatic carbocycles. The summed E-state index contributed by atoms with van der Waals surface area (Å²) < 4.78 is 5.83. The first kappa shape index (κ1) is 23.3. The van der Waals surface area contributed by atoms with E-state index in [4.69, 9.17) is 10.5 Å². The van der Waals surface area contributed by atoms with E-state index in [0.29, 0.717) is 11.3 Å². The number of benzene rings is 2. The second kappa shape index (κ2) is 9.84. The lowest BCUT2D eigenvalue weighted by Gasteiger charge is -2.31. The number of hydrogen-bond acceptors (Lipinski definition) is 6. The Morgan fingerprint density at radius 1 is 1.12 bits per heavy atom. The van der Waals surface area contributed by atoms with Gasteiger partial charge in [-0.05, 0) is 60.9 Å². The lowest BCUT2D eigenvalue weighted by atomic mass is 9.91. The van der Waals surface area contributed by atoms with E-state index in [9.17, 15) is 24.9 Å². The molecule has 170 valence electrons. The molecule has 2 amide bonds. The molecular weight excluding hydrogens is 412 g/mol. The van der Waals surface area contributed by atoms with Gasteiger partial charge in [-0.3, -0.25) is 9.59 Å². The van der Waals surface area contributed by atoms with Gasteiger partial charge in [0.05, 0.1) is 6.10 Å². The molecule has 0 spiro atoms. The van der Waals surface area contributed by atoms with Crippen molar-refractivity contribution in [1.29, 1.82) is 0 Å². The molecule has 32 heavy (non-hydrogen) atoms. The van der Waals surface area contributed by atoms with Crippen LogP contribution in [0.4, 0.5) is 0 Å². The van der Waals surface area contributed by atoms with Crippen LogP contribution < -0.4 is 15.8 Å². The van der Waals surface area contributed by atoms with Crippen LogP contribution in [-0.2, 0) is 16.0 Å². The number of primary amides is 1. The molecule has 0 aromatic heterocycles. The number of phenolic OH excluding ortho intramolecular Hbond substituents is 1. The number of amides is 2. The van der Waals surface area contributed by atoms with Gasteiger partial charge in [0.15, 0.2) is 0 Å². The Hall–Kier alpha value is -3.36. The minimum Gasteiger partial charge on any atom is -0.508 e. The maximum Gasteiger partial charge on any atom is 0.247 e. The van der Waals surface area contributed by atoms with Crippen molar-refractivity contribution in [2.45, 2.75) is 51.0 Å². The van der Waals surface area contributed by atoms with Gasteiger partial charge in [0, 0.05) is 18.4 Å². The average Bonchev–Trinajstić information content (AvgIpc) is 2.74. The van der Waals surface area contributed by atoms with Crippen molar-refractivity contribution in [3.8, 4) is 11.5 Å². The molecule has 4 atom stereocenters. The molecule has 0 fully saturated rings. The summed E-state index contributed by atoms with van der Waals surface area (Å²) in [6.45, 7) is 3.90. The van der Waals surface area contributed by atoms with E-state index >= 15 is 0 Å². The van der Waals surface area contributed by atoms with Crippen molar-refractivity contribution in [3.05, 3.63) is 70.8 Å². The summed E-state index contributed by atoms with van der Waals surface area (Å²) in [4.78, 5) is 24.7. The number of ether oxygens (including phenoxy) is 1. The van der Waals surface area contributed by atoms with Crippen LogP contribution in [0, 0.1) is 13.8 Å². The van der Waals surface area contributed by atoms with E-state index in [1.165, 1.54) is 18.2 Å². The number of aryl methyl sites for hydroxylation is 2. The average molecular weight is 440 g/mol. The molecule has 0 bridgehead atoms. The van der Waals surface area contributed by atoms with Crippen molar-refractivity contribution < 1.29 is 29.6 Å². The Balaban J connectivity index is 1.75. The van der Waals surface area contributed by atoms with Crippen molar-refractivity contribution >= 4 is 11.8 Å². The molecule has 8 nitrogen and oxygen atoms in total. The third-order valence-corrected chi connectivity index (χ3v) is 5.59. The highest BCUT2D eigenvalue weighted by Gasteiger charge is 2.35. The molecule has 0 saturated carbocycles. The molecule has 1 aliphatic carbocycles.